The Hall–Kier alpha value is -1.96. The van der Waals surface area contributed by atoms with Gasteiger partial charge >= 0.3 is 5.97 Å². The number of phenolic OH excluding ortho intramolecular Hbond substituents is 1. The van der Waals surface area contributed by atoms with Crippen LogP contribution < -0.4 is 0 Å². The van der Waals surface area contributed by atoms with E-state index in [2.05, 4.69) is 6.08 Å². The summed E-state index contributed by atoms with van der Waals surface area (Å²) in [6.45, 7) is 1.28. The summed E-state index contributed by atoms with van der Waals surface area (Å²) in [6, 6.07) is 6.69. The van der Waals surface area contributed by atoms with Gasteiger partial charge in [-0.2, -0.15) is 0 Å². The van der Waals surface area contributed by atoms with Gasteiger partial charge in [0.2, 0.25) is 6.29 Å². The minimum atomic E-state index is -1.59. The van der Waals surface area contributed by atoms with Crippen molar-refractivity contribution < 1.29 is 66.1 Å². The first-order valence-electron chi connectivity index (χ1n) is 10.6. The van der Waals surface area contributed by atoms with E-state index in [9.17, 15) is 30.3 Å². The number of benzene rings is 1. The average Bonchev–Trinajstić information content (AvgIpc) is 2.79. The van der Waals surface area contributed by atoms with Gasteiger partial charge in [-0.3, -0.25) is 4.79 Å². The Bertz CT molecular complexity index is 858. The van der Waals surface area contributed by atoms with Gasteiger partial charge in [0, 0.05) is 29.6 Å². The minimum absolute atomic E-state index is 0. The predicted octanol–water partition coefficient (Wildman–Crippen LogP) is -0.0823. The molecule has 5 N–H and O–H groups in total. The normalized spacial score (nSPS) is 32.0. The van der Waals surface area contributed by atoms with Gasteiger partial charge < -0.3 is 50.6 Å². The SMILES string of the molecule is C/C=C1/[C@H](O[C@@H]2O[C@H](CO)[C@@H](O)[C@H](O)[C@H]2O)OC=[C-][C@H]1CC(=O)OCCc1cccc(O)c1.[Co]. The Morgan fingerprint density at radius 1 is 1.21 bits per heavy atom. The molecule has 2 aliphatic rings. The fraction of sp³-hybridized carbons (Fsp3) is 0.522. The molecule has 1 radical (unpaired) electrons. The van der Waals surface area contributed by atoms with Gasteiger partial charge in [-0.15, -0.1) is 5.92 Å². The Balaban J connectivity index is 0.00000408. The molecule has 1 fully saturated rings. The molecule has 1 aromatic rings. The van der Waals surface area contributed by atoms with E-state index in [0.29, 0.717) is 12.0 Å². The summed E-state index contributed by atoms with van der Waals surface area (Å²) in [5.74, 6) is -0.843. The summed E-state index contributed by atoms with van der Waals surface area (Å²) in [5.41, 5.74) is 1.36. The van der Waals surface area contributed by atoms with Crippen LogP contribution in [0.25, 0.3) is 0 Å². The van der Waals surface area contributed by atoms with Crippen molar-refractivity contribution in [1.29, 1.82) is 0 Å². The van der Waals surface area contributed by atoms with E-state index in [-0.39, 0.29) is 35.6 Å². The van der Waals surface area contributed by atoms with Gasteiger partial charge in [-0.05, 0) is 30.2 Å². The minimum Gasteiger partial charge on any atom is -0.508 e. The molecule has 0 unspecified atom stereocenters. The van der Waals surface area contributed by atoms with Gasteiger partial charge in [-0.25, -0.2) is 0 Å². The third kappa shape index (κ3) is 7.03. The van der Waals surface area contributed by atoms with E-state index in [1.807, 2.05) is 6.07 Å². The van der Waals surface area contributed by atoms with Crippen molar-refractivity contribution in [3.8, 4) is 5.75 Å². The van der Waals surface area contributed by atoms with Crippen LogP contribution in [-0.2, 0) is 46.9 Å². The summed E-state index contributed by atoms with van der Waals surface area (Å²) < 4.78 is 21.8. The summed E-state index contributed by atoms with van der Waals surface area (Å²) in [4.78, 5) is 12.4. The largest absolute Gasteiger partial charge is 0.508 e. The number of aromatic hydroxyl groups is 1. The number of hydrogen-bond donors (Lipinski definition) is 5. The van der Waals surface area contributed by atoms with Crippen molar-refractivity contribution in [3.05, 3.63) is 53.8 Å². The van der Waals surface area contributed by atoms with Crippen LogP contribution in [0.3, 0.4) is 0 Å². The quantitative estimate of drug-likeness (QED) is 0.177. The van der Waals surface area contributed by atoms with Crippen molar-refractivity contribution in [2.24, 2.45) is 5.92 Å². The molecule has 191 valence electrons. The summed E-state index contributed by atoms with van der Waals surface area (Å²) >= 11 is 0. The molecular weight excluding hydrogens is 495 g/mol. The number of rotatable bonds is 8. The van der Waals surface area contributed by atoms with Crippen molar-refractivity contribution in [1.82, 2.24) is 0 Å². The summed E-state index contributed by atoms with van der Waals surface area (Å²) in [7, 11) is 0. The number of esters is 1. The standard InChI is InChI=1S/C23H29O10.Co/c1-2-16-14(11-18(26)30-8-6-13-4-3-5-15(25)10-13)7-9-31-22(16)33-23-21(29)20(28)19(27)17(12-24)32-23;/h2-5,9-10,14,17,19-25,27-29H,6,8,11-12H2,1H3;/q-1;/b16-2+;/t14-,17+,19+,20-,21+,22-,23-;/m0./s1. The molecule has 3 rings (SSSR count). The van der Waals surface area contributed by atoms with E-state index < -0.39 is 55.5 Å². The van der Waals surface area contributed by atoms with Gasteiger partial charge in [0.15, 0.2) is 6.29 Å². The van der Waals surface area contributed by atoms with Gasteiger partial charge in [0.05, 0.1) is 13.2 Å². The molecule has 10 nitrogen and oxygen atoms in total. The van der Waals surface area contributed by atoms with E-state index in [1.165, 1.54) is 6.26 Å². The zero-order valence-corrected chi connectivity index (χ0v) is 19.5. The number of carbonyl (C=O) groups is 1. The van der Waals surface area contributed by atoms with Crippen LogP contribution in [0.4, 0.5) is 0 Å². The second-order valence-corrected chi connectivity index (χ2v) is 7.77. The van der Waals surface area contributed by atoms with Crippen molar-refractivity contribution in [2.75, 3.05) is 13.2 Å². The van der Waals surface area contributed by atoms with Gasteiger partial charge in [-0.1, -0.05) is 24.5 Å². The first-order valence-corrected chi connectivity index (χ1v) is 10.6. The number of carbonyl (C=O) groups excluding carboxylic acids is 1. The first-order chi connectivity index (χ1) is 15.8. The second kappa shape index (κ2) is 13.2. The molecule has 0 spiro atoms. The molecular formula is C23H29CoO10-. The Morgan fingerprint density at radius 3 is 2.65 bits per heavy atom. The Morgan fingerprint density at radius 2 is 1.97 bits per heavy atom. The second-order valence-electron chi connectivity index (χ2n) is 7.77. The van der Waals surface area contributed by atoms with Crippen LogP contribution in [0.15, 0.2) is 42.2 Å². The van der Waals surface area contributed by atoms with E-state index in [0.717, 1.165) is 5.56 Å². The molecule has 2 heterocycles. The zero-order chi connectivity index (χ0) is 24.0. The van der Waals surface area contributed by atoms with Crippen LogP contribution in [0, 0.1) is 12.0 Å². The van der Waals surface area contributed by atoms with Crippen LogP contribution in [0.5, 0.6) is 5.75 Å². The molecule has 0 bridgehead atoms. The number of allylic oxidation sites excluding steroid dienone is 2. The van der Waals surface area contributed by atoms with Crippen LogP contribution >= 0.6 is 0 Å². The van der Waals surface area contributed by atoms with Crippen LogP contribution in [0.1, 0.15) is 18.9 Å². The number of phenols is 1. The maximum Gasteiger partial charge on any atom is 0.303 e. The molecule has 1 aromatic carbocycles. The van der Waals surface area contributed by atoms with E-state index in [1.54, 1.807) is 31.2 Å². The van der Waals surface area contributed by atoms with E-state index in [4.69, 9.17) is 18.9 Å². The number of ether oxygens (including phenoxy) is 4. The molecule has 0 aliphatic carbocycles. The Kier molecular flexibility index (Phi) is 11.0. The number of aliphatic hydroxyl groups excluding tert-OH is 4. The molecule has 7 atom stereocenters. The molecule has 1 saturated heterocycles. The fourth-order valence-corrected chi connectivity index (χ4v) is 3.67. The Labute approximate surface area is 207 Å². The maximum absolute atomic E-state index is 12.4. The van der Waals surface area contributed by atoms with Crippen molar-refractivity contribution >= 4 is 5.97 Å². The molecule has 34 heavy (non-hydrogen) atoms. The van der Waals surface area contributed by atoms with Gasteiger partial charge in [0.25, 0.3) is 0 Å². The zero-order valence-electron chi connectivity index (χ0n) is 18.4. The number of hydrogen-bond acceptors (Lipinski definition) is 10. The maximum atomic E-state index is 12.4. The topological polar surface area (TPSA) is 155 Å². The third-order valence-electron chi connectivity index (χ3n) is 5.51. The third-order valence-corrected chi connectivity index (χ3v) is 5.51. The molecule has 0 aromatic heterocycles. The molecule has 2 aliphatic heterocycles. The van der Waals surface area contributed by atoms with Crippen LogP contribution in [-0.4, -0.2) is 81.7 Å². The van der Waals surface area contributed by atoms with Crippen molar-refractivity contribution in [3.63, 3.8) is 0 Å². The first kappa shape index (κ1) is 28.3. The number of aliphatic hydroxyl groups is 4. The summed E-state index contributed by atoms with van der Waals surface area (Å²) in [6.07, 6.45) is -1.98. The molecule has 0 saturated carbocycles. The molecule has 0 amide bonds. The molecule has 11 heteroatoms. The fourth-order valence-electron chi connectivity index (χ4n) is 3.67. The van der Waals surface area contributed by atoms with Crippen LogP contribution in [0.2, 0.25) is 0 Å². The summed E-state index contributed by atoms with van der Waals surface area (Å²) in [5, 5.41) is 48.9. The van der Waals surface area contributed by atoms with Gasteiger partial charge in [0.1, 0.15) is 30.2 Å². The van der Waals surface area contributed by atoms with Crippen molar-refractivity contribution in [2.45, 2.75) is 56.8 Å². The monoisotopic (exact) mass is 524 g/mol. The van der Waals surface area contributed by atoms with E-state index >= 15 is 0 Å². The predicted molar refractivity (Wildman–Crippen MR) is 112 cm³/mol. The average molecular weight is 524 g/mol. The smallest absolute Gasteiger partial charge is 0.303 e.